The molecule has 2 heterocycles. The third-order valence-corrected chi connectivity index (χ3v) is 2.46. The number of aromatic nitrogens is 2. The quantitative estimate of drug-likeness (QED) is 0.824. The Morgan fingerprint density at radius 2 is 2.33 bits per heavy atom. The highest BCUT2D eigenvalue weighted by Crippen LogP contribution is 2.13. The van der Waals surface area contributed by atoms with Gasteiger partial charge in [-0.2, -0.15) is 0 Å². The number of fused-ring (bicyclic) bond motifs is 1. The van der Waals surface area contributed by atoms with Crippen LogP contribution in [0, 0.1) is 0 Å². The molecule has 0 radical (unpaired) electrons. The molecular weight excluding hydrogens is 192 g/mol. The maximum atomic E-state index is 10.8. The molecule has 0 fully saturated rings. The number of rotatable bonds is 3. The molecule has 0 atom stereocenters. The zero-order valence-corrected chi connectivity index (χ0v) is 8.47. The summed E-state index contributed by atoms with van der Waals surface area (Å²) < 4.78 is 1.84. The van der Waals surface area contributed by atoms with Crippen LogP contribution in [0.3, 0.4) is 0 Å². The zero-order valence-electron chi connectivity index (χ0n) is 8.47. The van der Waals surface area contributed by atoms with E-state index in [0.29, 0.717) is 0 Å². The first-order valence-electron chi connectivity index (χ1n) is 4.88. The predicted molar refractivity (Wildman–Crippen MR) is 55.9 cm³/mol. The Morgan fingerprint density at radius 3 is 3.00 bits per heavy atom. The topological polar surface area (TPSA) is 54.6 Å². The zero-order chi connectivity index (χ0) is 10.8. The monoisotopic (exact) mass is 204 g/mol. The second-order valence-corrected chi connectivity index (χ2v) is 3.38. The normalized spacial score (nSPS) is 10.7. The van der Waals surface area contributed by atoms with Crippen LogP contribution < -0.4 is 0 Å². The Kier molecular flexibility index (Phi) is 2.41. The van der Waals surface area contributed by atoms with E-state index in [0.717, 1.165) is 23.3 Å². The van der Waals surface area contributed by atoms with E-state index in [2.05, 4.69) is 4.98 Å². The molecule has 0 unspecified atom stereocenters. The molecule has 0 aliphatic heterocycles. The van der Waals surface area contributed by atoms with Crippen molar-refractivity contribution in [3.63, 3.8) is 0 Å². The molecule has 1 N–H and O–H groups in total. The van der Waals surface area contributed by atoms with Gasteiger partial charge in [-0.15, -0.1) is 0 Å². The van der Waals surface area contributed by atoms with Crippen molar-refractivity contribution in [1.29, 1.82) is 0 Å². The fourth-order valence-corrected chi connectivity index (χ4v) is 1.76. The lowest BCUT2D eigenvalue weighted by atomic mass is 10.1. The molecule has 0 aromatic carbocycles. The van der Waals surface area contributed by atoms with Gasteiger partial charge in [0.25, 0.3) is 0 Å². The first-order chi connectivity index (χ1) is 7.22. The summed E-state index contributed by atoms with van der Waals surface area (Å²) >= 11 is 0. The van der Waals surface area contributed by atoms with Gasteiger partial charge >= 0.3 is 5.97 Å². The third kappa shape index (κ3) is 1.70. The molecule has 0 saturated carbocycles. The number of carbonyl (C=O) groups is 1. The number of nitrogens with zero attached hydrogens (tertiary/aromatic N) is 2. The van der Waals surface area contributed by atoms with Gasteiger partial charge in [0.05, 0.1) is 6.42 Å². The van der Waals surface area contributed by atoms with E-state index in [9.17, 15) is 4.79 Å². The van der Waals surface area contributed by atoms with Crippen molar-refractivity contribution < 1.29 is 9.90 Å². The number of imidazole rings is 1. The van der Waals surface area contributed by atoms with Gasteiger partial charge in [0.15, 0.2) is 0 Å². The van der Waals surface area contributed by atoms with Gasteiger partial charge in [0, 0.05) is 18.1 Å². The largest absolute Gasteiger partial charge is 0.481 e. The van der Waals surface area contributed by atoms with Crippen LogP contribution in [-0.2, 0) is 17.6 Å². The fraction of sp³-hybridized carbons (Fsp3) is 0.273. The van der Waals surface area contributed by atoms with E-state index >= 15 is 0 Å². The molecule has 0 aliphatic rings. The number of aryl methyl sites for hydroxylation is 1. The Balaban J connectivity index is 2.62. The molecule has 15 heavy (non-hydrogen) atoms. The van der Waals surface area contributed by atoms with Gasteiger partial charge in [-0.1, -0.05) is 13.0 Å². The molecule has 0 aliphatic carbocycles. The maximum absolute atomic E-state index is 10.8. The standard InChI is InChI=1S/C11H12N2O2/c1-2-8-3-4-10-12-5-6-13(10)9(8)7-11(14)15/h3-6H,2,7H2,1H3,(H,14,15). The number of pyridine rings is 1. The van der Waals surface area contributed by atoms with E-state index in [4.69, 9.17) is 5.11 Å². The molecule has 4 heteroatoms. The second-order valence-electron chi connectivity index (χ2n) is 3.38. The van der Waals surface area contributed by atoms with Crippen LogP contribution in [0.1, 0.15) is 18.2 Å². The Bertz CT molecular complexity index is 502. The number of carboxylic acids is 1. The first kappa shape index (κ1) is 9.71. The third-order valence-electron chi connectivity index (χ3n) is 2.46. The lowest BCUT2D eigenvalue weighted by molar-refractivity contribution is -0.136. The fourth-order valence-electron chi connectivity index (χ4n) is 1.76. The molecule has 2 aromatic heterocycles. The average Bonchev–Trinajstić information content (AvgIpc) is 2.65. The Labute approximate surface area is 87.2 Å². The van der Waals surface area contributed by atoms with E-state index in [-0.39, 0.29) is 6.42 Å². The van der Waals surface area contributed by atoms with Crippen LogP contribution >= 0.6 is 0 Å². The van der Waals surface area contributed by atoms with Crippen LogP contribution in [0.25, 0.3) is 5.65 Å². The molecule has 2 rings (SSSR count). The van der Waals surface area contributed by atoms with Gasteiger partial charge in [0.1, 0.15) is 5.65 Å². The average molecular weight is 204 g/mol. The van der Waals surface area contributed by atoms with Crippen LogP contribution in [0.5, 0.6) is 0 Å². The second kappa shape index (κ2) is 3.73. The smallest absolute Gasteiger partial charge is 0.309 e. The molecule has 0 saturated heterocycles. The summed E-state index contributed by atoms with van der Waals surface area (Å²) in [7, 11) is 0. The summed E-state index contributed by atoms with van der Waals surface area (Å²) in [6.45, 7) is 2.02. The van der Waals surface area contributed by atoms with Gasteiger partial charge < -0.3 is 9.51 Å². The number of hydrogen-bond donors (Lipinski definition) is 1. The molecule has 4 nitrogen and oxygen atoms in total. The molecule has 0 spiro atoms. The number of hydrogen-bond acceptors (Lipinski definition) is 2. The van der Waals surface area contributed by atoms with Crippen molar-refractivity contribution in [2.75, 3.05) is 0 Å². The van der Waals surface area contributed by atoms with Crippen LogP contribution in [0.4, 0.5) is 0 Å². The van der Waals surface area contributed by atoms with Crippen molar-refractivity contribution in [2.24, 2.45) is 0 Å². The summed E-state index contributed by atoms with van der Waals surface area (Å²) in [6, 6.07) is 3.85. The van der Waals surface area contributed by atoms with Crippen LogP contribution in [0.2, 0.25) is 0 Å². The summed E-state index contributed by atoms with van der Waals surface area (Å²) in [6.07, 6.45) is 4.35. The lowest BCUT2D eigenvalue weighted by Gasteiger charge is -2.08. The molecular formula is C11H12N2O2. The van der Waals surface area contributed by atoms with Gasteiger partial charge in [-0.25, -0.2) is 4.98 Å². The SMILES string of the molecule is CCc1ccc2nccn2c1CC(=O)O. The van der Waals surface area contributed by atoms with Crippen LogP contribution in [0.15, 0.2) is 24.5 Å². The van der Waals surface area contributed by atoms with Crippen molar-refractivity contribution >= 4 is 11.6 Å². The van der Waals surface area contributed by atoms with E-state index in [1.807, 2.05) is 23.5 Å². The van der Waals surface area contributed by atoms with Crippen LogP contribution in [-0.4, -0.2) is 20.5 Å². The van der Waals surface area contributed by atoms with E-state index in [1.165, 1.54) is 0 Å². The molecule has 0 bridgehead atoms. The minimum Gasteiger partial charge on any atom is -0.481 e. The summed E-state index contributed by atoms with van der Waals surface area (Å²) in [5.41, 5.74) is 2.67. The molecule has 78 valence electrons. The van der Waals surface area contributed by atoms with Crippen molar-refractivity contribution in [2.45, 2.75) is 19.8 Å². The number of carboxylic acid groups (broad SMARTS) is 1. The summed E-state index contributed by atoms with van der Waals surface area (Å²) in [5.74, 6) is -0.814. The van der Waals surface area contributed by atoms with Gasteiger partial charge in [0.2, 0.25) is 0 Å². The predicted octanol–water partition coefficient (Wildman–Crippen LogP) is 1.52. The first-order valence-corrected chi connectivity index (χ1v) is 4.88. The highest BCUT2D eigenvalue weighted by atomic mass is 16.4. The minimum absolute atomic E-state index is 0.0386. The van der Waals surface area contributed by atoms with E-state index in [1.54, 1.807) is 12.4 Å². The maximum Gasteiger partial charge on any atom is 0.309 e. The molecule has 0 amide bonds. The summed E-state index contributed by atoms with van der Waals surface area (Å²) in [4.78, 5) is 14.9. The van der Waals surface area contributed by atoms with Crippen molar-refractivity contribution in [1.82, 2.24) is 9.38 Å². The Morgan fingerprint density at radius 1 is 1.53 bits per heavy atom. The minimum atomic E-state index is -0.814. The number of aliphatic carboxylic acids is 1. The Hall–Kier alpha value is -1.84. The highest BCUT2D eigenvalue weighted by molar-refractivity contribution is 5.70. The van der Waals surface area contributed by atoms with Crippen molar-refractivity contribution in [3.8, 4) is 0 Å². The summed E-state index contributed by atoms with van der Waals surface area (Å²) in [5, 5.41) is 8.85. The van der Waals surface area contributed by atoms with Gasteiger partial charge in [-0.05, 0) is 18.1 Å². The molecule has 2 aromatic rings. The van der Waals surface area contributed by atoms with Gasteiger partial charge in [-0.3, -0.25) is 4.79 Å². The van der Waals surface area contributed by atoms with E-state index < -0.39 is 5.97 Å². The van der Waals surface area contributed by atoms with Crippen molar-refractivity contribution in [3.05, 3.63) is 35.8 Å². The lowest BCUT2D eigenvalue weighted by Crippen LogP contribution is -2.08. The highest BCUT2D eigenvalue weighted by Gasteiger charge is 2.10.